The SMILES string of the molecule is COc1cc(C(=O)Nc2c(Cl)cccc2Cl)ccc1OC(F)F. The van der Waals surface area contributed by atoms with E-state index in [0.717, 1.165) is 0 Å². The molecule has 0 radical (unpaired) electrons. The average molecular weight is 362 g/mol. The maximum Gasteiger partial charge on any atom is 0.387 e. The Hall–Kier alpha value is -2.05. The Balaban J connectivity index is 2.26. The molecule has 0 aliphatic rings. The van der Waals surface area contributed by atoms with Gasteiger partial charge in [0.2, 0.25) is 0 Å². The number of carbonyl (C=O) groups excluding carboxylic acids is 1. The molecule has 0 spiro atoms. The van der Waals surface area contributed by atoms with E-state index in [2.05, 4.69) is 10.1 Å². The summed E-state index contributed by atoms with van der Waals surface area (Å²) in [6, 6.07) is 8.60. The van der Waals surface area contributed by atoms with Gasteiger partial charge in [-0.05, 0) is 30.3 Å². The number of hydrogen-bond acceptors (Lipinski definition) is 3. The molecule has 4 nitrogen and oxygen atoms in total. The van der Waals surface area contributed by atoms with Crippen molar-refractivity contribution in [2.24, 2.45) is 0 Å². The van der Waals surface area contributed by atoms with Crippen LogP contribution in [0, 0.1) is 0 Å². The molecule has 0 aliphatic carbocycles. The molecule has 0 saturated heterocycles. The first kappa shape index (κ1) is 17.3. The summed E-state index contributed by atoms with van der Waals surface area (Å²) in [5, 5.41) is 3.11. The lowest BCUT2D eigenvalue weighted by Crippen LogP contribution is -2.13. The second kappa shape index (κ2) is 7.48. The number of anilines is 1. The third-order valence-corrected chi connectivity index (χ3v) is 3.47. The number of amides is 1. The second-order valence-corrected chi connectivity index (χ2v) is 5.11. The lowest BCUT2D eigenvalue weighted by molar-refractivity contribution is -0.0512. The standard InChI is InChI=1S/C15H11Cl2F2NO3/c1-22-12-7-8(5-6-11(12)23-15(18)19)14(21)20-13-9(16)3-2-4-10(13)17/h2-7,15H,1H3,(H,20,21). The van der Waals surface area contributed by atoms with Crippen molar-refractivity contribution in [2.75, 3.05) is 12.4 Å². The van der Waals surface area contributed by atoms with Crippen LogP contribution >= 0.6 is 23.2 Å². The van der Waals surface area contributed by atoms with Crippen molar-refractivity contribution in [3.05, 3.63) is 52.0 Å². The van der Waals surface area contributed by atoms with Crippen molar-refractivity contribution >= 4 is 34.8 Å². The second-order valence-electron chi connectivity index (χ2n) is 4.29. The van der Waals surface area contributed by atoms with Crippen LogP contribution in [0.25, 0.3) is 0 Å². The first-order valence-corrected chi connectivity index (χ1v) is 7.06. The van der Waals surface area contributed by atoms with Crippen LogP contribution in [0.15, 0.2) is 36.4 Å². The van der Waals surface area contributed by atoms with Gasteiger partial charge in [-0.1, -0.05) is 29.3 Å². The Morgan fingerprint density at radius 1 is 1.13 bits per heavy atom. The monoisotopic (exact) mass is 361 g/mol. The van der Waals surface area contributed by atoms with Crippen LogP contribution in [0.3, 0.4) is 0 Å². The molecule has 0 fully saturated rings. The highest BCUT2D eigenvalue weighted by atomic mass is 35.5. The average Bonchev–Trinajstić information content (AvgIpc) is 2.50. The Morgan fingerprint density at radius 3 is 2.35 bits per heavy atom. The third kappa shape index (κ3) is 4.24. The fourth-order valence-electron chi connectivity index (χ4n) is 1.81. The fourth-order valence-corrected chi connectivity index (χ4v) is 2.30. The molecule has 0 atom stereocenters. The Bertz CT molecular complexity index is 706. The topological polar surface area (TPSA) is 47.6 Å². The molecule has 0 aliphatic heterocycles. The third-order valence-electron chi connectivity index (χ3n) is 2.84. The maximum atomic E-state index is 12.3. The molecule has 2 aromatic carbocycles. The smallest absolute Gasteiger partial charge is 0.387 e. The van der Waals surface area contributed by atoms with Crippen LogP contribution in [0.4, 0.5) is 14.5 Å². The van der Waals surface area contributed by atoms with E-state index in [-0.39, 0.29) is 32.8 Å². The number of para-hydroxylation sites is 1. The summed E-state index contributed by atoms with van der Waals surface area (Å²) in [7, 11) is 1.28. The summed E-state index contributed by atoms with van der Waals surface area (Å²) >= 11 is 11.9. The van der Waals surface area contributed by atoms with Crippen molar-refractivity contribution in [3.63, 3.8) is 0 Å². The van der Waals surface area contributed by atoms with Crippen molar-refractivity contribution in [3.8, 4) is 11.5 Å². The highest BCUT2D eigenvalue weighted by Gasteiger charge is 2.16. The number of nitrogens with one attached hydrogen (secondary N) is 1. The number of ether oxygens (including phenoxy) is 2. The molecular weight excluding hydrogens is 351 g/mol. The molecule has 23 heavy (non-hydrogen) atoms. The molecule has 1 N–H and O–H groups in total. The van der Waals surface area contributed by atoms with Crippen molar-refractivity contribution in [1.29, 1.82) is 0 Å². The number of alkyl halides is 2. The van der Waals surface area contributed by atoms with E-state index in [0.29, 0.717) is 0 Å². The minimum atomic E-state index is -2.99. The van der Waals surface area contributed by atoms with Gasteiger partial charge in [-0.15, -0.1) is 0 Å². The van der Waals surface area contributed by atoms with E-state index in [1.54, 1.807) is 18.2 Å². The molecular formula is C15H11Cl2F2NO3. The van der Waals surface area contributed by atoms with Gasteiger partial charge in [0.15, 0.2) is 11.5 Å². The molecule has 8 heteroatoms. The van der Waals surface area contributed by atoms with Gasteiger partial charge in [0, 0.05) is 5.56 Å². The summed E-state index contributed by atoms with van der Waals surface area (Å²) in [5.74, 6) is -0.695. The predicted molar refractivity (Wildman–Crippen MR) is 84.0 cm³/mol. The lowest BCUT2D eigenvalue weighted by Gasteiger charge is -2.12. The molecule has 122 valence electrons. The van der Waals surface area contributed by atoms with Gasteiger partial charge >= 0.3 is 6.61 Å². The predicted octanol–water partition coefficient (Wildman–Crippen LogP) is 4.86. The summed E-state index contributed by atoms with van der Waals surface area (Å²) in [5.41, 5.74) is 0.423. The zero-order chi connectivity index (χ0) is 17.0. The highest BCUT2D eigenvalue weighted by molar-refractivity contribution is 6.40. The van der Waals surface area contributed by atoms with Crippen LogP contribution in [0.1, 0.15) is 10.4 Å². The molecule has 2 aromatic rings. The van der Waals surface area contributed by atoms with Gasteiger partial charge in [-0.2, -0.15) is 8.78 Å². The van der Waals surface area contributed by atoms with Crippen LogP contribution in [0.2, 0.25) is 10.0 Å². The van der Waals surface area contributed by atoms with Crippen LogP contribution in [-0.2, 0) is 0 Å². The maximum absolute atomic E-state index is 12.3. The van der Waals surface area contributed by atoms with E-state index < -0.39 is 12.5 Å². The van der Waals surface area contributed by atoms with Gasteiger partial charge in [0.1, 0.15) is 0 Å². The van der Waals surface area contributed by atoms with Crippen molar-refractivity contribution in [1.82, 2.24) is 0 Å². The Kier molecular flexibility index (Phi) is 5.63. The Morgan fingerprint density at radius 2 is 1.78 bits per heavy atom. The lowest BCUT2D eigenvalue weighted by atomic mass is 10.2. The molecule has 0 heterocycles. The van der Waals surface area contributed by atoms with Gasteiger partial charge in [0.25, 0.3) is 5.91 Å². The van der Waals surface area contributed by atoms with Crippen molar-refractivity contribution in [2.45, 2.75) is 6.61 Å². The summed E-state index contributed by atoms with van der Waals surface area (Å²) in [6.07, 6.45) is 0. The quantitative estimate of drug-likeness (QED) is 0.827. The number of rotatable bonds is 5. The van der Waals surface area contributed by atoms with Gasteiger partial charge in [-0.3, -0.25) is 4.79 Å². The van der Waals surface area contributed by atoms with E-state index in [4.69, 9.17) is 27.9 Å². The normalized spacial score (nSPS) is 10.5. The summed E-state index contributed by atoms with van der Waals surface area (Å²) in [6.45, 7) is -2.99. The number of methoxy groups -OCH3 is 1. The minimum Gasteiger partial charge on any atom is -0.493 e. The first-order chi connectivity index (χ1) is 10.9. The Labute approximate surface area is 140 Å². The van der Waals surface area contributed by atoms with E-state index in [9.17, 15) is 13.6 Å². The molecule has 1 amide bonds. The van der Waals surface area contributed by atoms with Gasteiger partial charge in [-0.25, -0.2) is 0 Å². The van der Waals surface area contributed by atoms with Crippen molar-refractivity contribution < 1.29 is 23.0 Å². The molecule has 0 unspecified atom stereocenters. The zero-order valence-corrected chi connectivity index (χ0v) is 13.3. The summed E-state index contributed by atoms with van der Waals surface area (Å²) < 4.78 is 33.8. The first-order valence-electron chi connectivity index (χ1n) is 6.30. The largest absolute Gasteiger partial charge is 0.493 e. The summed E-state index contributed by atoms with van der Waals surface area (Å²) in [4.78, 5) is 12.2. The van der Waals surface area contributed by atoms with Gasteiger partial charge < -0.3 is 14.8 Å². The van der Waals surface area contributed by atoms with Gasteiger partial charge in [0.05, 0.1) is 22.8 Å². The zero-order valence-electron chi connectivity index (χ0n) is 11.8. The molecule has 0 aromatic heterocycles. The van der Waals surface area contributed by atoms with Crippen LogP contribution in [0.5, 0.6) is 11.5 Å². The molecule has 2 rings (SSSR count). The van der Waals surface area contributed by atoms with E-state index in [1.807, 2.05) is 0 Å². The van der Waals surface area contributed by atoms with Crippen LogP contribution in [-0.4, -0.2) is 19.6 Å². The highest BCUT2D eigenvalue weighted by Crippen LogP contribution is 2.32. The van der Waals surface area contributed by atoms with E-state index >= 15 is 0 Å². The number of halogens is 4. The number of benzene rings is 2. The minimum absolute atomic E-state index is 0.00297. The number of carbonyl (C=O) groups is 1. The number of hydrogen-bond donors (Lipinski definition) is 1. The van der Waals surface area contributed by atoms with E-state index in [1.165, 1.54) is 25.3 Å². The van der Waals surface area contributed by atoms with Crippen LogP contribution < -0.4 is 14.8 Å². The molecule has 0 saturated carbocycles. The fraction of sp³-hybridized carbons (Fsp3) is 0.133. The molecule has 0 bridgehead atoms.